The highest BCUT2D eigenvalue weighted by atomic mass is 16.3. The zero-order valence-corrected chi connectivity index (χ0v) is 15.3. The molecule has 0 unspecified atom stereocenters. The molecule has 0 atom stereocenters. The molecule has 0 spiro atoms. The monoisotopic (exact) mass is 359 g/mol. The minimum Gasteiger partial charge on any atom is -0.508 e. The predicted octanol–water partition coefficient (Wildman–Crippen LogP) is 4.09. The van der Waals surface area contributed by atoms with Gasteiger partial charge in [0.05, 0.1) is 11.4 Å². The van der Waals surface area contributed by atoms with E-state index in [0.717, 1.165) is 22.5 Å². The molecule has 0 fully saturated rings. The van der Waals surface area contributed by atoms with E-state index in [9.17, 15) is 9.90 Å². The number of phenols is 1. The van der Waals surface area contributed by atoms with Crippen LogP contribution in [0.4, 0.5) is 0 Å². The maximum Gasteiger partial charge on any atom is 0.278 e. The lowest BCUT2D eigenvalue weighted by Gasteiger charge is -2.15. The van der Waals surface area contributed by atoms with Crippen LogP contribution in [0.15, 0.2) is 65.6 Å². The molecule has 2 heterocycles. The van der Waals surface area contributed by atoms with Gasteiger partial charge in [0.2, 0.25) is 0 Å². The van der Waals surface area contributed by atoms with Crippen LogP contribution in [0, 0.1) is 0 Å². The van der Waals surface area contributed by atoms with E-state index in [-0.39, 0.29) is 17.2 Å². The number of hydrogen-bond acceptors (Lipinski definition) is 3. The maximum absolute atomic E-state index is 13.0. The van der Waals surface area contributed by atoms with Crippen LogP contribution in [-0.4, -0.2) is 19.6 Å². The molecule has 0 saturated heterocycles. The minimum atomic E-state index is -0.105. The maximum atomic E-state index is 13.0. The van der Waals surface area contributed by atoms with E-state index >= 15 is 0 Å². The number of imidazole rings is 1. The van der Waals surface area contributed by atoms with Gasteiger partial charge in [-0.1, -0.05) is 56.3 Å². The summed E-state index contributed by atoms with van der Waals surface area (Å²) in [6.45, 7) is 4.17. The number of aromatic amines is 1. The average molecular weight is 359 g/mol. The van der Waals surface area contributed by atoms with Gasteiger partial charge in [0.1, 0.15) is 11.4 Å². The normalized spacial score (nSPS) is 11.4. The van der Waals surface area contributed by atoms with Gasteiger partial charge in [-0.25, -0.2) is 4.98 Å². The highest BCUT2D eigenvalue weighted by molar-refractivity contribution is 5.60. The molecular formula is C22H21N3O2. The third-order valence-electron chi connectivity index (χ3n) is 4.67. The summed E-state index contributed by atoms with van der Waals surface area (Å²) in [4.78, 5) is 21.1. The van der Waals surface area contributed by atoms with Crippen molar-refractivity contribution in [1.29, 1.82) is 0 Å². The number of aromatic nitrogens is 3. The zero-order chi connectivity index (χ0) is 19.0. The molecule has 5 heteroatoms. The second kappa shape index (κ2) is 6.76. The molecule has 0 amide bonds. The number of benzene rings is 2. The Morgan fingerprint density at radius 3 is 2.44 bits per heavy atom. The fourth-order valence-electron chi connectivity index (χ4n) is 3.23. The molecule has 0 radical (unpaired) electrons. The molecule has 5 nitrogen and oxygen atoms in total. The molecule has 0 bridgehead atoms. The van der Waals surface area contributed by atoms with Crippen molar-refractivity contribution < 1.29 is 5.11 Å². The Labute approximate surface area is 157 Å². The summed E-state index contributed by atoms with van der Waals surface area (Å²) in [7, 11) is 0. The Balaban J connectivity index is 1.85. The Morgan fingerprint density at radius 2 is 1.78 bits per heavy atom. The van der Waals surface area contributed by atoms with Gasteiger partial charge >= 0.3 is 0 Å². The number of aromatic hydroxyl groups is 1. The van der Waals surface area contributed by atoms with Crippen molar-refractivity contribution in [3.8, 4) is 22.8 Å². The third-order valence-corrected chi connectivity index (χ3v) is 4.67. The van der Waals surface area contributed by atoms with Crippen molar-refractivity contribution in [3.63, 3.8) is 0 Å². The number of nitrogens with zero attached hydrogens (tertiary/aromatic N) is 2. The first kappa shape index (κ1) is 17.1. The summed E-state index contributed by atoms with van der Waals surface area (Å²) in [5.74, 6) is 1.07. The molecule has 0 aliphatic carbocycles. The van der Waals surface area contributed by atoms with Crippen molar-refractivity contribution in [2.75, 3.05) is 0 Å². The molecule has 2 aromatic carbocycles. The van der Waals surface area contributed by atoms with E-state index in [2.05, 4.69) is 23.8 Å². The van der Waals surface area contributed by atoms with Gasteiger partial charge in [0, 0.05) is 12.6 Å². The largest absolute Gasteiger partial charge is 0.508 e. The van der Waals surface area contributed by atoms with E-state index in [1.807, 2.05) is 48.7 Å². The van der Waals surface area contributed by atoms with Crippen LogP contribution in [-0.2, 0) is 6.42 Å². The molecule has 136 valence electrons. The van der Waals surface area contributed by atoms with Crippen LogP contribution in [0.3, 0.4) is 0 Å². The van der Waals surface area contributed by atoms with Gasteiger partial charge in [-0.15, -0.1) is 0 Å². The summed E-state index contributed by atoms with van der Waals surface area (Å²) >= 11 is 0. The van der Waals surface area contributed by atoms with Crippen molar-refractivity contribution in [2.45, 2.75) is 26.2 Å². The smallest absolute Gasteiger partial charge is 0.278 e. The van der Waals surface area contributed by atoms with E-state index < -0.39 is 0 Å². The van der Waals surface area contributed by atoms with Crippen LogP contribution < -0.4 is 5.56 Å². The Morgan fingerprint density at radius 1 is 1.07 bits per heavy atom. The van der Waals surface area contributed by atoms with Gasteiger partial charge in [-0.3, -0.25) is 9.36 Å². The minimum absolute atomic E-state index is 0.105. The number of phenolic OH excluding ortho intramolecular Hbond substituents is 1. The van der Waals surface area contributed by atoms with Crippen molar-refractivity contribution in [1.82, 2.24) is 14.5 Å². The van der Waals surface area contributed by atoms with Gasteiger partial charge in [-0.2, -0.15) is 0 Å². The molecule has 27 heavy (non-hydrogen) atoms. The Hall–Kier alpha value is -3.34. The summed E-state index contributed by atoms with van der Waals surface area (Å²) in [5.41, 5.74) is 4.18. The standard InChI is InChI=1S/C22H21N3O2/c1-14(2)20-21-24-18(12-15-8-10-17(26)11-9-15)22(27)25(21)13-19(23-20)16-6-4-3-5-7-16/h3-11,13-14,23,26H,12H2,1-2H3. The van der Waals surface area contributed by atoms with E-state index in [4.69, 9.17) is 0 Å². The van der Waals surface area contributed by atoms with Gasteiger partial charge in [0.15, 0.2) is 5.82 Å². The Kier molecular flexibility index (Phi) is 4.28. The molecule has 2 aromatic rings. The quantitative estimate of drug-likeness (QED) is 0.577. The highest BCUT2D eigenvalue weighted by Crippen LogP contribution is 2.26. The van der Waals surface area contributed by atoms with Gasteiger partial charge in [-0.05, 0) is 29.2 Å². The highest BCUT2D eigenvalue weighted by Gasteiger charge is 2.21. The first-order chi connectivity index (χ1) is 13.0. The third kappa shape index (κ3) is 3.24. The van der Waals surface area contributed by atoms with E-state index in [1.54, 1.807) is 16.7 Å². The lowest BCUT2D eigenvalue weighted by atomic mass is 10.1. The second-order valence-corrected chi connectivity index (χ2v) is 7.00. The molecular weight excluding hydrogens is 338 g/mol. The van der Waals surface area contributed by atoms with Crippen molar-refractivity contribution >= 4 is 0 Å². The average Bonchev–Trinajstić information content (AvgIpc) is 2.99. The van der Waals surface area contributed by atoms with E-state index in [0.29, 0.717) is 17.9 Å². The summed E-state index contributed by atoms with van der Waals surface area (Å²) < 4.78 is 1.64. The van der Waals surface area contributed by atoms with Crippen molar-refractivity contribution in [3.05, 3.63) is 88.1 Å². The van der Waals surface area contributed by atoms with Crippen molar-refractivity contribution in [2.24, 2.45) is 0 Å². The Bertz CT molecular complexity index is 1090. The fraction of sp³-hybridized carbons (Fsp3) is 0.182. The topological polar surface area (TPSA) is 70.9 Å². The van der Waals surface area contributed by atoms with E-state index in [1.165, 1.54) is 0 Å². The van der Waals surface area contributed by atoms with Crippen LogP contribution in [0.1, 0.15) is 36.7 Å². The van der Waals surface area contributed by atoms with Gasteiger partial charge < -0.3 is 10.1 Å². The molecule has 2 N–H and O–H groups in total. The number of hydrogen-bond donors (Lipinski definition) is 2. The first-order valence-electron chi connectivity index (χ1n) is 9.00. The van der Waals surface area contributed by atoms with Crippen LogP contribution in [0.25, 0.3) is 17.1 Å². The SMILES string of the molecule is CC(C)c1[nH]c(-c2ccccc2)cn2c(=O)c(Cc3ccc(O)cc3)nc1-2. The van der Waals surface area contributed by atoms with Gasteiger partial charge in [0.25, 0.3) is 5.56 Å². The first-order valence-corrected chi connectivity index (χ1v) is 9.00. The zero-order valence-electron chi connectivity index (χ0n) is 15.3. The summed E-state index contributed by atoms with van der Waals surface area (Å²) in [6, 6.07) is 16.8. The molecule has 0 aromatic heterocycles. The number of H-pyrrole nitrogens is 1. The predicted molar refractivity (Wildman–Crippen MR) is 106 cm³/mol. The van der Waals surface area contributed by atoms with Crippen LogP contribution in [0.5, 0.6) is 5.75 Å². The van der Waals surface area contributed by atoms with Crippen LogP contribution >= 0.6 is 0 Å². The number of fused-ring (bicyclic) bond motifs is 1. The molecule has 4 rings (SSSR count). The lowest BCUT2D eigenvalue weighted by Crippen LogP contribution is -2.18. The van der Waals surface area contributed by atoms with Crippen LogP contribution in [0.2, 0.25) is 0 Å². The lowest BCUT2D eigenvalue weighted by molar-refractivity contribution is 0.475. The second-order valence-electron chi connectivity index (χ2n) is 7.00. The molecule has 0 saturated carbocycles. The fourth-order valence-corrected chi connectivity index (χ4v) is 3.23. The molecule has 2 aliphatic rings. The number of nitrogens with one attached hydrogen (secondary N) is 1. The summed E-state index contributed by atoms with van der Waals surface area (Å²) in [6.07, 6.45) is 2.26. The summed E-state index contributed by atoms with van der Waals surface area (Å²) in [5, 5.41) is 9.44. The molecule has 2 aliphatic heterocycles. The number of rotatable bonds is 4.